The third-order valence-electron chi connectivity index (χ3n) is 6.32. The van der Waals surface area contributed by atoms with Crippen LogP contribution in [0.15, 0.2) is 22.2 Å². The average Bonchev–Trinajstić information content (AvgIpc) is 3.65. The molecule has 1 saturated carbocycles. The van der Waals surface area contributed by atoms with Crippen molar-refractivity contribution in [1.82, 2.24) is 4.90 Å². The zero-order valence-electron chi connectivity index (χ0n) is 19.5. The summed E-state index contributed by atoms with van der Waals surface area (Å²) < 4.78 is 59.1. The summed E-state index contributed by atoms with van der Waals surface area (Å²) in [7, 11) is -3.80. The van der Waals surface area contributed by atoms with E-state index >= 15 is 0 Å². The monoisotopic (exact) mass is 499 g/mol. The molecular weight excluding hydrogens is 468 g/mol. The largest absolute Gasteiger partial charge is 0.447 e. The van der Waals surface area contributed by atoms with Gasteiger partial charge in [0.1, 0.15) is 22.6 Å². The number of nitrogens with zero attached hydrogens (tertiary/aromatic N) is 3. The molecule has 1 aliphatic carbocycles. The number of ether oxygens (including phenoxy) is 1. The number of oxime groups is 1. The normalized spacial score (nSPS) is 20.0. The zero-order valence-corrected chi connectivity index (χ0v) is 20.3. The third-order valence-corrected chi connectivity index (χ3v) is 8.59. The summed E-state index contributed by atoms with van der Waals surface area (Å²) >= 11 is 0. The lowest BCUT2D eigenvalue weighted by Crippen LogP contribution is -2.41. The maximum Gasteiger partial charge on any atom is 0.410 e. The Morgan fingerprint density at radius 2 is 1.68 bits per heavy atom. The van der Waals surface area contributed by atoms with Crippen molar-refractivity contribution in [3.63, 3.8) is 0 Å². The highest BCUT2D eigenvalue weighted by molar-refractivity contribution is 7.92. The Kier molecular flexibility index (Phi) is 7.30. The van der Waals surface area contributed by atoms with E-state index < -0.39 is 31.6 Å². The van der Waals surface area contributed by atoms with Crippen LogP contribution in [0.4, 0.5) is 19.3 Å². The van der Waals surface area contributed by atoms with E-state index in [0.29, 0.717) is 64.7 Å². The second kappa shape index (κ2) is 10.1. The predicted molar refractivity (Wildman–Crippen MR) is 123 cm³/mol. The summed E-state index contributed by atoms with van der Waals surface area (Å²) in [6.45, 7) is 5.57. The van der Waals surface area contributed by atoms with E-state index in [0.717, 1.165) is 17.8 Å². The first-order valence-corrected chi connectivity index (χ1v) is 13.3. The lowest BCUT2D eigenvalue weighted by Gasteiger charge is -2.32. The molecule has 1 aromatic rings. The van der Waals surface area contributed by atoms with Crippen molar-refractivity contribution in [2.75, 3.05) is 31.1 Å². The third kappa shape index (κ3) is 5.61. The van der Waals surface area contributed by atoms with E-state index in [2.05, 4.69) is 5.16 Å². The van der Waals surface area contributed by atoms with Crippen molar-refractivity contribution in [3.05, 3.63) is 23.8 Å². The molecule has 1 amide bonds. The van der Waals surface area contributed by atoms with Gasteiger partial charge in [0.15, 0.2) is 9.84 Å². The van der Waals surface area contributed by atoms with Crippen molar-refractivity contribution in [2.24, 2.45) is 5.16 Å². The number of piperidine rings is 2. The molecule has 0 unspecified atom stereocenters. The molecular formula is C23H31F2N3O5S. The van der Waals surface area contributed by atoms with E-state index in [4.69, 9.17) is 9.57 Å². The number of likely N-dealkylation sites (tertiary alicyclic amines) is 1. The van der Waals surface area contributed by atoms with Crippen LogP contribution in [0.3, 0.4) is 0 Å². The minimum absolute atomic E-state index is 0.0628. The predicted octanol–water partition coefficient (Wildman–Crippen LogP) is 3.88. The van der Waals surface area contributed by atoms with Crippen LogP contribution in [0.2, 0.25) is 0 Å². The van der Waals surface area contributed by atoms with Crippen LogP contribution in [0.5, 0.6) is 0 Å². The summed E-state index contributed by atoms with van der Waals surface area (Å²) in [6, 6.07) is 1.80. The molecule has 34 heavy (non-hydrogen) atoms. The number of carbonyl (C=O) groups excluding carboxylic acids is 1. The number of carbonyl (C=O) groups is 1. The van der Waals surface area contributed by atoms with Gasteiger partial charge in [0.2, 0.25) is 0 Å². The van der Waals surface area contributed by atoms with Gasteiger partial charge < -0.3 is 19.4 Å². The fraction of sp³-hybridized carbons (Fsp3) is 0.652. The summed E-state index contributed by atoms with van der Waals surface area (Å²) in [6.07, 6.45) is 2.82. The Hall–Kier alpha value is -2.43. The quantitative estimate of drug-likeness (QED) is 0.552. The number of amides is 1. The molecule has 0 aromatic heterocycles. The first-order chi connectivity index (χ1) is 16.1. The van der Waals surface area contributed by atoms with Crippen LogP contribution in [0, 0.1) is 11.6 Å². The van der Waals surface area contributed by atoms with Gasteiger partial charge in [-0.2, -0.15) is 0 Å². The van der Waals surface area contributed by atoms with Gasteiger partial charge in [0, 0.05) is 57.9 Å². The Bertz CT molecular complexity index is 1040. The van der Waals surface area contributed by atoms with E-state index in [9.17, 15) is 22.0 Å². The van der Waals surface area contributed by atoms with Gasteiger partial charge in [0.05, 0.1) is 22.8 Å². The molecule has 188 valence electrons. The van der Waals surface area contributed by atoms with Crippen molar-refractivity contribution in [2.45, 2.75) is 74.7 Å². The average molecular weight is 500 g/mol. The van der Waals surface area contributed by atoms with Gasteiger partial charge in [-0.3, -0.25) is 0 Å². The van der Waals surface area contributed by atoms with Gasteiger partial charge in [-0.15, -0.1) is 0 Å². The van der Waals surface area contributed by atoms with Crippen molar-refractivity contribution >= 4 is 27.3 Å². The minimum Gasteiger partial charge on any atom is -0.447 e. The second-order valence-corrected chi connectivity index (χ2v) is 11.5. The van der Waals surface area contributed by atoms with E-state index in [1.165, 1.54) is 0 Å². The highest BCUT2D eigenvalue weighted by Crippen LogP contribution is 2.36. The molecule has 1 aromatic carbocycles. The van der Waals surface area contributed by atoms with E-state index in [1.807, 2.05) is 13.8 Å². The second-order valence-electron chi connectivity index (χ2n) is 9.35. The number of anilines is 1. The van der Waals surface area contributed by atoms with Crippen LogP contribution in [0.25, 0.3) is 0 Å². The molecule has 2 heterocycles. The first-order valence-electron chi connectivity index (χ1n) is 11.8. The first kappa shape index (κ1) is 24.7. The lowest BCUT2D eigenvalue weighted by atomic mass is 10.1. The molecule has 0 radical (unpaired) electrons. The molecule has 8 nitrogen and oxygen atoms in total. The topological polar surface area (TPSA) is 88.5 Å². The molecule has 2 saturated heterocycles. The molecule has 0 bridgehead atoms. The summed E-state index contributed by atoms with van der Waals surface area (Å²) in [5.41, 5.74) is 0.902. The van der Waals surface area contributed by atoms with Crippen molar-refractivity contribution in [3.8, 4) is 0 Å². The number of hydrogen-bond donors (Lipinski definition) is 0. The summed E-state index contributed by atoms with van der Waals surface area (Å²) in [4.78, 5) is 20.5. The number of halogens is 2. The Morgan fingerprint density at radius 3 is 2.26 bits per heavy atom. The van der Waals surface area contributed by atoms with Crippen molar-refractivity contribution < 1.29 is 31.6 Å². The number of benzene rings is 1. The fourth-order valence-electron chi connectivity index (χ4n) is 4.20. The van der Waals surface area contributed by atoms with Gasteiger partial charge in [-0.1, -0.05) is 5.16 Å². The number of sulfone groups is 1. The molecule has 0 atom stereocenters. The molecule has 0 spiro atoms. The molecule has 2 aliphatic heterocycles. The molecule has 11 heteroatoms. The highest BCUT2D eigenvalue weighted by atomic mass is 32.2. The van der Waals surface area contributed by atoms with E-state index in [-0.39, 0.29) is 24.0 Å². The van der Waals surface area contributed by atoms with Crippen LogP contribution < -0.4 is 4.90 Å². The molecule has 4 rings (SSSR count). The van der Waals surface area contributed by atoms with E-state index in [1.54, 1.807) is 9.80 Å². The summed E-state index contributed by atoms with van der Waals surface area (Å²) in [5, 5.41) is 3.68. The van der Waals surface area contributed by atoms with Gasteiger partial charge in [-0.25, -0.2) is 22.0 Å². The maximum atomic E-state index is 14.7. The zero-order chi connectivity index (χ0) is 24.5. The van der Waals surface area contributed by atoms with Crippen LogP contribution in [-0.4, -0.2) is 68.8 Å². The van der Waals surface area contributed by atoms with Gasteiger partial charge >= 0.3 is 6.09 Å². The molecule has 3 aliphatic rings. The van der Waals surface area contributed by atoms with Crippen LogP contribution in [-0.2, 0) is 19.4 Å². The lowest BCUT2D eigenvalue weighted by molar-refractivity contribution is 0.00415. The Labute approximate surface area is 198 Å². The van der Waals surface area contributed by atoms with Gasteiger partial charge in [-0.05, 0) is 32.8 Å². The number of hydrogen-bond acceptors (Lipinski definition) is 7. The Balaban J connectivity index is 1.28. The molecule has 0 N–H and O–H groups in total. The smallest absolute Gasteiger partial charge is 0.410 e. The standard InChI is InChI=1S/C23H31F2N3O5S/c1-15(2)32-23(29)28-11-7-17(8-12-28)33-26-16-5-9-27(10-6-16)21-13-20(25)22(14-19(21)24)34(30,31)18-3-4-18/h13-15,17-18H,3-12H2,1-2H3. The Morgan fingerprint density at radius 1 is 1.03 bits per heavy atom. The maximum absolute atomic E-state index is 14.7. The highest BCUT2D eigenvalue weighted by Gasteiger charge is 2.39. The van der Waals surface area contributed by atoms with Gasteiger partial charge in [0.25, 0.3) is 0 Å². The summed E-state index contributed by atoms with van der Waals surface area (Å²) in [5.74, 6) is -1.64. The fourth-order valence-corrected chi connectivity index (χ4v) is 5.92. The minimum atomic E-state index is -3.80. The molecule has 3 fully saturated rings. The SMILES string of the molecule is CC(C)OC(=O)N1CCC(ON=C2CCN(c3cc(F)c(S(=O)(=O)C4CC4)cc3F)CC2)CC1. The van der Waals surface area contributed by atoms with Crippen LogP contribution in [0.1, 0.15) is 52.4 Å². The van der Waals surface area contributed by atoms with Crippen molar-refractivity contribution in [1.29, 1.82) is 0 Å². The number of rotatable bonds is 6. The van der Waals surface area contributed by atoms with Crippen LogP contribution >= 0.6 is 0 Å².